The molecule has 0 bridgehead atoms. The Morgan fingerprint density at radius 2 is 2.00 bits per heavy atom. The minimum atomic E-state index is -4.24. The van der Waals surface area contributed by atoms with Gasteiger partial charge in [0, 0.05) is 6.54 Å². The number of hydrogen-bond donors (Lipinski definition) is 1. The molecule has 0 spiro atoms. The number of rotatable bonds is 5. The van der Waals surface area contributed by atoms with E-state index in [1.165, 1.54) is 7.11 Å². The van der Waals surface area contributed by atoms with Gasteiger partial charge in [-0.05, 0) is 33.6 Å². The molecular formula is C11H13BrF3NO2. The molecule has 18 heavy (non-hydrogen) atoms. The van der Waals surface area contributed by atoms with Gasteiger partial charge < -0.3 is 15.2 Å². The van der Waals surface area contributed by atoms with E-state index in [4.69, 9.17) is 15.2 Å². The van der Waals surface area contributed by atoms with Crippen LogP contribution >= 0.6 is 15.9 Å². The van der Waals surface area contributed by atoms with Crippen molar-refractivity contribution in [3.05, 3.63) is 22.2 Å². The minimum Gasteiger partial charge on any atom is -0.493 e. The van der Waals surface area contributed by atoms with Crippen molar-refractivity contribution in [3.8, 4) is 11.5 Å². The van der Waals surface area contributed by atoms with E-state index in [1.807, 2.05) is 0 Å². The highest BCUT2D eigenvalue weighted by atomic mass is 79.9. The molecule has 2 N–H and O–H groups in total. The van der Waals surface area contributed by atoms with Crippen LogP contribution in [0.15, 0.2) is 16.6 Å². The van der Waals surface area contributed by atoms with Gasteiger partial charge in [-0.2, -0.15) is 13.2 Å². The van der Waals surface area contributed by atoms with E-state index in [0.717, 1.165) is 5.56 Å². The summed E-state index contributed by atoms with van der Waals surface area (Å²) in [4.78, 5) is 0. The van der Waals surface area contributed by atoms with E-state index in [1.54, 1.807) is 12.1 Å². The first kappa shape index (κ1) is 15.1. The summed E-state index contributed by atoms with van der Waals surface area (Å²) in [5.74, 6) is 0.603. The second-order valence-corrected chi connectivity index (χ2v) is 4.38. The minimum absolute atomic E-state index is 0.249. The molecule has 0 amide bonds. The van der Waals surface area contributed by atoms with Crippen LogP contribution < -0.4 is 15.2 Å². The maximum atomic E-state index is 12.0. The highest BCUT2D eigenvalue weighted by molar-refractivity contribution is 9.10. The van der Waals surface area contributed by atoms with Gasteiger partial charge in [-0.3, -0.25) is 0 Å². The number of ether oxygens (including phenoxy) is 2. The fourth-order valence-corrected chi connectivity index (χ4v) is 1.90. The molecule has 0 heterocycles. The summed E-state index contributed by atoms with van der Waals surface area (Å²) in [7, 11) is 1.42. The fourth-order valence-electron chi connectivity index (χ4n) is 1.30. The van der Waals surface area contributed by atoms with Gasteiger partial charge in [-0.25, -0.2) is 0 Å². The van der Waals surface area contributed by atoms with Crippen LogP contribution in [0.3, 0.4) is 0 Å². The van der Waals surface area contributed by atoms with Crippen molar-refractivity contribution >= 4 is 15.9 Å². The van der Waals surface area contributed by atoms with E-state index in [0.29, 0.717) is 16.8 Å². The quantitative estimate of drug-likeness (QED) is 0.902. The van der Waals surface area contributed by atoms with Crippen LogP contribution in [-0.2, 0) is 6.54 Å². The first-order chi connectivity index (χ1) is 8.37. The smallest absolute Gasteiger partial charge is 0.392 e. The molecule has 0 saturated carbocycles. The Morgan fingerprint density at radius 1 is 1.33 bits per heavy atom. The van der Waals surface area contributed by atoms with Gasteiger partial charge in [-0.15, -0.1) is 0 Å². The molecule has 1 aromatic rings. The van der Waals surface area contributed by atoms with Gasteiger partial charge in [0.2, 0.25) is 0 Å². The maximum absolute atomic E-state index is 12.0. The monoisotopic (exact) mass is 327 g/mol. The topological polar surface area (TPSA) is 44.5 Å². The number of alkyl halides is 3. The van der Waals surface area contributed by atoms with E-state index < -0.39 is 19.2 Å². The number of nitrogens with two attached hydrogens (primary N) is 1. The molecule has 1 rings (SSSR count). The van der Waals surface area contributed by atoms with Crippen molar-refractivity contribution in [3.63, 3.8) is 0 Å². The lowest BCUT2D eigenvalue weighted by molar-refractivity contribution is -0.139. The van der Waals surface area contributed by atoms with Crippen molar-refractivity contribution in [2.75, 3.05) is 13.7 Å². The van der Waals surface area contributed by atoms with Crippen LogP contribution in [0.2, 0.25) is 0 Å². The average molecular weight is 328 g/mol. The summed E-state index contributed by atoms with van der Waals surface area (Å²) in [6, 6.07) is 3.32. The summed E-state index contributed by atoms with van der Waals surface area (Å²) in [6.07, 6.45) is -5.25. The Bertz CT molecular complexity index is 410. The fraction of sp³-hybridized carbons (Fsp3) is 0.455. The van der Waals surface area contributed by atoms with Gasteiger partial charge in [0.1, 0.15) is 0 Å². The molecule has 1 aromatic carbocycles. The first-order valence-corrected chi connectivity index (χ1v) is 5.92. The number of benzene rings is 1. The molecule has 0 saturated heterocycles. The molecule has 0 aliphatic carbocycles. The molecule has 0 aliphatic heterocycles. The van der Waals surface area contributed by atoms with Gasteiger partial charge in [-0.1, -0.05) is 0 Å². The molecule has 0 aliphatic rings. The Morgan fingerprint density at radius 3 is 2.50 bits per heavy atom. The zero-order valence-electron chi connectivity index (χ0n) is 9.68. The Balaban J connectivity index is 2.81. The molecule has 0 radical (unpaired) electrons. The van der Waals surface area contributed by atoms with Crippen LogP contribution in [0.25, 0.3) is 0 Å². The molecule has 0 unspecified atom stereocenters. The zero-order valence-corrected chi connectivity index (χ0v) is 11.3. The highest BCUT2D eigenvalue weighted by Gasteiger charge is 2.27. The molecule has 0 atom stereocenters. The number of hydrogen-bond acceptors (Lipinski definition) is 3. The number of methoxy groups -OCH3 is 1. The largest absolute Gasteiger partial charge is 0.493 e. The lowest BCUT2D eigenvalue weighted by Crippen LogP contribution is -2.13. The van der Waals surface area contributed by atoms with Crippen molar-refractivity contribution in [1.82, 2.24) is 0 Å². The van der Waals surface area contributed by atoms with Crippen molar-refractivity contribution < 1.29 is 22.6 Å². The summed E-state index contributed by atoms with van der Waals surface area (Å²) in [5.41, 5.74) is 6.28. The molecule has 102 valence electrons. The van der Waals surface area contributed by atoms with Crippen LogP contribution in [-0.4, -0.2) is 19.9 Å². The SMILES string of the molecule is COc1cc(CN)cc(Br)c1OCCC(F)(F)F. The summed E-state index contributed by atoms with van der Waals surface area (Å²) < 4.78 is 46.7. The standard InChI is InChI=1S/C11H13BrF3NO2/c1-17-9-5-7(6-16)4-8(12)10(9)18-3-2-11(13,14)15/h4-5H,2-3,6,16H2,1H3. The zero-order chi connectivity index (χ0) is 13.8. The Labute approximate surface area is 111 Å². The average Bonchev–Trinajstić information content (AvgIpc) is 2.29. The lowest BCUT2D eigenvalue weighted by atomic mass is 10.2. The summed E-state index contributed by atoms with van der Waals surface area (Å²) >= 11 is 3.22. The van der Waals surface area contributed by atoms with Crippen LogP contribution in [0.1, 0.15) is 12.0 Å². The third kappa shape index (κ3) is 4.38. The third-order valence-electron chi connectivity index (χ3n) is 2.16. The number of halogens is 4. The second-order valence-electron chi connectivity index (χ2n) is 3.53. The summed E-state index contributed by atoms with van der Waals surface area (Å²) in [5, 5.41) is 0. The summed E-state index contributed by atoms with van der Waals surface area (Å²) in [6.45, 7) is -0.155. The molecular weight excluding hydrogens is 315 g/mol. The van der Waals surface area contributed by atoms with Crippen LogP contribution in [0, 0.1) is 0 Å². The van der Waals surface area contributed by atoms with E-state index in [9.17, 15) is 13.2 Å². The maximum Gasteiger partial charge on any atom is 0.392 e. The van der Waals surface area contributed by atoms with Crippen molar-refractivity contribution in [1.29, 1.82) is 0 Å². The second kappa shape index (κ2) is 6.29. The molecule has 0 fully saturated rings. The predicted octanol–water partition coefficient (Wildman–Crippen LogP) is 3.25. The van der Waals surface area contributed by atoms with E-state index in [-0.39, 0.29) is 5.75 Å². The Hall–Kier alpha value is -0.950. The molecule has 0 aromatic heterocycles. The first-order valence-electron chi connectivity index (χ1n) is 5.13. The van der Waals surface area contributed by atoms with Crippen LogP contribution in [0.4, 0.5) is 13.2 Å². The third-order valence-corrected chi connectivity index (χ3v) is 2.75. The predicted molar refractivity (Wildman–Crippen MR) is 64.8 cm³/mol. The Kier molecular flexibility index (Phi) is 5.28. The van der Waals surface area contributed by atoms with E-state index >= 15 is 0 Å². The van der Waals surface area contributed by atoms with Crippen molar-refractivity contribution in [2.45, 2.75) is 19.1 Å². The van der Waals surface area contributed by atoms with Gasteiger partial charge in [0.15, 0.2) is 11.5 Å². The van der Waals surface area contributed by atoms with E-state index in [2.05, 4.69) is 15.9 Å². The van der Waals surface area contributed by atoms with Gasteiger partial charge >= 0.3 is 6.18 Å². The van der Waals surface area contributed by atoms with Gasteiger partial charge in [0.25, 0.3) is 0 Å². The van der Waals surface area contributed by atoms with Crippen LogP contribution in [0.5, 0.6) is 11.5 Å². The lowest BCUT2D eigenvalue weighted by Gasteiger charge is -2.14. The highest BCUT2D eigenvalue weighted by Crippen LogP contribution is 2.37. The van der Waals surface area contributed by atoms with Gasteiger partial charge in [0.05, 0.1) is 24.6 Å². The molecule has 7 heteroatoms. The van der Waals surface area contributed by atoms with Crippen molar-refractivity contribution in [2.24, 2.45) is 5.73 Å². The normalized spacial score (nSPS) is 11.4. The molecule has 3 nitrogen and oxygen atoms in total.